The van der Waals surface area contributed by atoms with E-state index in [2.05, 4.69) is 42.5 Å². The SMILES string of the molecule is C1=CCC2CC(c3ccccc3)CC2CC1. The van der Waals surface area contributed by atoms with Gasteiger partial charge in [-0.15, -0.1) is 0 Å². The molecule has 0 heterocycles. The van der Waals surface area contributed by atoms with E-state index in [4.69, 9.17) is 0 Å². The maximum atomic E-state index is 2.41. The summed E-state index contributed by atoms with van der Waals surface area (Å²) in [6, 6.07) is 11.1. The molecule has 0 saturated heterocycles. The Bertz CT molecular complexity index is 363. The highest BCUT2D eigenvalue weighted by Crippen LogP contribution is 2.46. The zero-order valence-corrected chi connectivity index (χ0v) is 9.81. The fourth-order valence-electron chi connectivity index (χ4n) is 3.55. The van der Waals surface area contributed by atoms with Gasteiger partial charge in [0.15, 0.2) is 0 Å². The molecule has 0 aromatic heterocycles. The molecule has 2 aliphatic carbocycles. The molecule has 2 aliphatic rings. The molecule has 3 unspecified atom stereocenters. The molecule has 0 amide bonds. The fraction of sp³-hybridized carbons (Fsp3) is 0.500. The minimum atomic E-state index is 0.836. The second kappa shape index (κ2) is 4.45. The Balaban J connectivity index is 1.75. The molecule has 0 N–H and O–H groups in total. The van der Waals surface area contributed by atoms with Crippen LogP contribution in [0.3, 0.4) is 0 Å². The first kappa shape index (κ1) is 10.1. The van der Waals surface area contributed by atoms with Gasteiger partial charge in [0, 0.05) is 0 Å². The van der Waals surface area contributed by atoms with E-state index in [0.717, 1.165) is 17.8 Å². The number of allylic oxidation sites excluding steroid dienone is 2. The molecule has 84 valence electrons. The highest BCUT2D eigenvalue weighted by Gasteiger charge is 2.34. The monoisotopic (exact) mass is 212 g/mol. The lowest BCUT2D eigenvalue weighted by Crippen LogP contribution is -2.04. The molecule has 0 nitrogen and oxygen atoms in total. The first-order valence-corrected chi connectivity index (χ1v) is 6.63. The van der Waals surface area contributed by atoms with Crippen LogP contribution in [0.5, 0.6) is 0 Å². The van der Waals surface area contributed by atoms with Gasteiger partial charge in [0.05, 0.1) is 0 Å². The maximum Gasteiger partial charge on any atom is -0.0156 e. The van der Waals surface area contributed by atoms with E-state index in [1.165, 1.54) is 32.1 Å². The van der Waals surface area contributed by atoms with Crippen molar-refractivity contribution in [2.75, 3.05) is 0 Å². The van der Waals surface area contributed by atoms with Crippen molar-refractivity contribution >= 4 is 0 Å². The van der Waals surface area contributed by atoms with E-state index in [0.29, 0.717) is 0 Å². The molecule has 0 spiro atoms. The molecule has 1 aromatic carbocycles. The Morgan fingerprint density at radius 1 is 0.875 bits per heavy atom. The number of rotatable bonds is 1. The summed E-state index contributed by atoms with van der Waals surface area (Å²) in [5.41, 5.74) is 1.57. The highest BCUT2D eigenvalue weighted by molar-refractivity contribution is 5.21. The van der Waals surface area contributed by atoms with Crippen molar-refractivity contribution in [2.45, 2.75) is 38.0 Å². The van der Waals surface area contributed by atoms with Gasteiger partial charge in [-0.05, 0) is 55.4 Å². The second-order valence-corrected chi connectivity index (χ2v) is 5.38. The Morgan fingerprint density at radius 2 is 1.69 bits per heavy atom. The van der Waals surface area contributed by atoms with Gasteiger partial charge in [0.2, 0.25) is 0 Å². The van der Waals surface area contributed by atoms with Gasteiger partial charge in [0.1, 0.15) is 0 Å². The van der Waals surface area contributed by atoms with E-state index < -0.39 is 0 Å². The van der Waals surface area contributed by atoms with E-state index in [-0.39, 0.29) is 0 Å². The van der Waals surface area contributed by atoms with Crippen LogP contribution in [0.15, 0.2) is 42.5 Å². The zero-order chi connectivity index (χ0) is 10.8. The normalized spacial score (nSPS) is 33.4. The molecule has 16 heavy (non-hydrogen) atoms. The average molecular weight is 212 g/mol. The third kappa shape index (κ3) is 1.93. The standard InChI is InChI=1S/C16H20/c1-3-7-13(8-4-1)16-11-14-9-5-2-6-10-15(14)12-16/h1-5,7-8,14-16H,6,9-12H2. The van der Waals surface area contributed by atoms with Crippen molar-refractivity contribution in [3.63, 3.8) is 0 Å². The Morgan fingerprint density at radius 3 is 2.56 bits per heavy atom. The minimum Gasteiger partial charge on any atom is -0.0885 e. The van der Waals surface area contributed by atoms with E-state index in [1.807, 2.05) is 0 Å². The molecule has 0 bridgehead atoms. The predicted molar refractivity (Wildman–Crippen MR) is 68.4 cm³/mol. The fourth-order valence-corrected chi connectivity index (χ4v) is 3.55. The van der Waals surface area contributed by atoms with Gasteiger partial charge >= 0.3 is 0 Å². The van der Waals surface area contributed by atoms with E-state index >= 15 is 0 Å². The molecule has 0 heteroatoms. The quantitative estimate of drug-likeness (QED) is 0.600. The van der Waals surface area contributed by atoms with Crippen molar-refractivity contribution in [2.24, 2.45) is 11.8 Å². The van der Waals surface area contributed by atoms with Crippen LogP contribution < -0.4 is 0 Å². The molecule has 0 aliphatic heterocycles. The number of benzene rings is 1. The van der Waals surface area contributed by atoms with Crippen LogP contribution >= 0.6 is 0 Å². The van der Waals surface area contributed by atoms with Crippen LogP contribution in [-0.2, 0) is 0 Å². The van der Waals surface area contributed by atoms with Crippen molar-refractivity contribution in [3.05, 3.63) is 48.0 Å². The van der Waals surface area contributed by atoms with Crippen LogP contribution in [0.4, 0.5) is 0 Å². The van der Waals surface area contributed by atoms with Crippen molar-refractivity contribution < 1.29 is 0 Å². The number of hydrogen-bond acceptors (Lipinski definition) is 0. The summed E-state index contributed by atoms with van der Waals surface area (Å²) >= 11 is 0. The lowest BCUT2D eigenvalue weighted by Gasteiger charge is -2.14. The van der Waals surface area contributed by atoms with Gasteiger partial charge in [-0.1, -0.05) is 42.5 Å². The smallest absolute Gasteiger partial charge is 0.0156 e. The maximum absolute atomic E-state index is 2.41. The summed E-state index contributed by atoms with van der Waals surface area (Å²) in [5.74, 6) is 2.78. The number of hydrogen-bond donors (Lipinski definition) is 0. The highest BCUT2D eigenvalue weighted by atomic mass is 14.4. The van der Waals surface area contributed by atoms with Gasteiger partial charge in [-0.3, -0.25) is 0 Å². The Labute approximate surface area is 98.4 Å². The van der Waals surface area contributed by atoms with Crippen molar-refractivity contribution in [1.29, 1.82) is 0 Å². The third-order valence-electron chi connectivity index (χ3n) is 4.42. The molecule has 3 rings (SSSR count). The third-order valence-corrected chi connectivity index (χ3v) is 4.42. The summed E-state index contributed by atoms with van der Waals surface area (Å²) in [6.45, 7) is 0. The summed E-state index contributed by atoms with van der Waals surface area (Å²) in [7, 11) is 0. The molecule has 1 saturated carbocycles. The molecular weight excluding hydrogens is 192 g/mol. The molecule has 1 fully saturated rings. The van der Waals surface area contributed by atoms with Gasteiger partial charge < -0.3 is 0 Å². The van der Waals surface area contributed by atoms with E-state index in [9.17, 15) is 0 Å². The van der Waals surface area contributed by atoms with Gasteiger partial charge in [-0.2, -0.15) is 0 Å². The lowest BCUT2D eigenvalue weighted by molar-refractivity contribution is 0.378. The van der Waals surface area contributed by atoms with Gasteiger partial charge in [-0.25, -0.2) is 0 Å². The number of fused-ring (bicyclic) bond motifs is 1. The second-order valence-electron chi connectivity index (χ2n) is 5.38. The van der Waals surface area contributed by atoms with E-state index in [1.54, 1.807) is 5.56 Å². The first-order valence-electron chi connectivity index (χ1n) is 6.63. The summed E-state index contributed by atoms with van der Waals surface area (Å²) < 4.78 is 0. The zero-order valence-electron chi connectivity index (χ0n) is 9.81. The summed E-state index contributed by atoms with van der Waals surface area (Å²) in [6.07, 6.45) is 11.7. The lowest BCUT2D eigenvalue weighted by atomic mass is 9.91. The van der Waals surface area contributed by atoms with Crippen LogP contribution in [0.1, 0.15) is 43.6 Å². The van der Waals surface area contributed by atoms with Gasteiger partial charge in [0.25, 0.3) is 0 Å². The summed E-state index contributed by atoms with van der Waals surface area (Å²) in [4.78, 5) is 0. The van der Waals surface area contributed by atoms with Crippen LogP contribution in [-0.4, -0.2) is 0 Å². The first-order chi connectivity index (χ1) is 7.93. The minimum absolute atomic E-state index is 0.836. The molecule has 1 aromatic rings. The largest absolute Gasteiger partial charge is 0.0885 e. The predicted octanol–water partition coefficient (Wildman–Crippen LogP) is 4.54. The van der Waals surface area contributed by atoms with Crippen LogP contribution in [0.2, 0.25) is 0 Å². The molecular formula is C16H20. The van der Waals surface area contributed by atoms with Crippen molar-refractivity contribution in [1.82, 2.24) is 0 Å². The summed E-state index contributed by atoms with van der Waals surface area (Å²) in [5, 5.41) is 0. The van der Waals surface area contributed by atoms with Crippen LogP contribution in [0.25, 0.3) is 0 Å². The van der Waals surface area contributed by atoms with Crippen molar-refractivity contribution in [3.8, 4) is 0 Å². The average Bonchev–Trinajstić information content (AvgIpc) is 2.62. The Kier molecular flexibility index (Phi) is 2.82. The molecule has 0 radical (unpaired) electrons. The van der Waals surface area contributed by atoms with Crippen LogP contribution in [0, 0.1) is 11.8 Å². The molecule has 3 atom stereocenters. The Hall–Kier alpha value is -1.04. The topological polar surface area (TPSA) is 0 Å².